The molecule has 1 aromatic rings. The fourth-order valence-corrected chi connectivity index (χ4v) is 2.02. The molecule has 4 N–H and O–H groups in total. The molecule has 0 aliphatic carbocycles. The molecule has 0 saturated carbocycles. The van der Waals surface area contributed by atoms with Gasteiger partial charge in [0, 0.05) is 14.7 Å². The van der Waals surface area contributed by atoms with Crippen molar-refractivity contribution in [3.8, 4) is 0 Å². The number of nitrogens with zero attached hydrogens (tertiary/aromatic N) is 3. The quantitative estimate of drug-likeness (QED) is 0.462. The fraction of sp³-hybridized carbons (Fsp3) is 0.750. The van der Waals surface area contributed by atoms with Crippen LogP contribution in [0.15, 0.2) is 11.5 Å². The molecule has 1 unspecified atom stereocenters. The van der Waals surface area contributed by atoms with E-state index in [4.69, 9.17) is 9.29 Å². The summed E-state index contributed by atoms with van der Waals surface area (Å²) >= 11 is -2.12. The van der Waals surface area contributed by atoms with Crippen molar-refractivity contribution in [3.05, 3.63) is 6.33 Å². The van der Waals surface area contributed by atoms with Gasteiger partial charge in [0.2, 0.25) is 11.1 Å². The van der Waals surface area contributed by atoms with Crippen molar-refractivity contribution < 1.29 is 13.5 Å². The Kier molecular flexibility index (Phi) is 6.71. The summed E-state index contributed by atoms with van der Waals surface area (Å²) in [6, 6.07) is 1.08. The Balaban J connectivity index is 0.00000256. The van der Waals surface area contributed by atoms with E-state index >= 15 is 0 Å². The number of ether oxygens (including phenoxy) is 1. The first-order valence-electron chi connectivity index (χ1n) is 4.96. The number of hydrogen-bond donors (Lipinski definition) is 2. The van der Waals surface area contributed by atoms with Gasteiger partial charge in [0.15, 0.2) is 0 Å². The van der Waals surface area contributed by atoms with E-state index in [2.05, 4.69) is 29.7 Å². The van der Waals surface area contributed by atoms with Gasteiger partial charge < -0.3 is 10.9 Å². The lowest BCUT2D eigenvalue weighted by Gasteiger charge is -2.15. The SMILES string of the molecule is C[Si](C)(C)CCOCn1cnc(S(=O)O)n1.N. The van der Waals surface area contributed by atoms with Crippen molar-refractivity contribution >= 4 is 19.2 Å². The van der Waals surface area contributed by atoms with Gasteiger partial charge >= 0.3 is 0 Å². The zero-order chi connectivity index (χ0) is 12.2. The van der Waals surface area contributed by atoms with Gasteiger partial charge in [-0.25, -0.2) is 13.9 Å². The van der Waals surface area contributed by atoms with Gasteiger partial charge in [0.1, 0.15) is 13.1 Å². The van der Waals surface area contributed by atoms with Crippen LogP contribution >= 0.6 is 0 Å². The molecule has 0 radical (unpaired) electrons. The van der Waals surface area contributed by atoms with Crippen molar-refractivity contribution in [2.24, 2.45) is 0 Å². The van der Waals surface area contributed by atoms with Crippen LogP contribution in [0, 0.1) is 0 Å². The maximum Gasteiger partial charge on any atom is 0.266 e. The first-order valence-corrected chi connectivity index (χ1v) is 9.78. The number of rotatable bonds is 6. The second-order valence-electron chi connectivity index (χ2n) is 4.66. The molecule has 0 aliphatic heterocycles. The molecule has 0 saturated heterocycles. The van der Waals surface area contributed by atoms with E-state index in [9.17, 15) is 4.21 Å². The largest absolute Gasteiger partial charge is 0.359 e. The smallest absolute Gasteiger partial charge is 0.266 e. The highest BCUT2D eigenvalue weighted by Crippen LogP contribution is 2.07. The molecule has 0 bridgehead atoms. The summed E-state index contributed by atoms with van der Waals surface area (Å²) in [5.74, 6) is 0. The van der Waals surface area contributed by atoms with E-state index in [0.29, 0.717) is 6.61 Å². The van der Waals surface area contributed by atoms with Gasteiger partial charge in [-0.05, 0) is 6.04 Å². The molecule has 1 aromatic heterocycles. The summed E-state index contributed by atoms with van der Waals surface area (Å²) in [6.07, 6.45) is 1.39. The second-order valence-corrected chi connectivity index (χ2v) is 11.1. The lowest BCUT2D eigenvalue weighted by molar-refractivity contribution is 0.0776. The molecular weight excluding hydrogens is 260 g/mol. The maximum absolute atomic E-state index is 10.6. The number of hydrogen-bond acceptors (Lipinski definition) is 5. The van der Waals surface area contributed by atoms with Crippen LogP contribution in [0.25, 0.3) is 0 Å². The third-order valence-electron chi connectivity index (χ3n) is 1.89. The van der Waals surface area contributed by atoms with E-state index in [1.807, 2.05) is 0 Å². The molecule has 1 rings (SSSR count). The van der Waals surface area contributed by atoms with E-state index in [1.165, 1.54) is 11.0 Å². The molecule has 7 nitrogen and oxygen atoms in total. The fourth-order valence-electron chi connectivity index (χ4n) is 0.956. The summed E-state index contributed by atoms with van der Waals surface area (Å²) in [5, 5.41) is 3.70. The molecule has 0 aromatic carbocycles. The Morgan fingerprint density at radius 1 is 1.53 bits per heavy atom. The molecule has 0 amide bonds. The Bertz CT molecular complexity index is 366. The lowest BCUT2D eigenvalue weighted by atomic mass is 10.8. The van der Waals surface area contributed by atoms with Gasteiger partial charge in [0.05, 0.1) is 0 Å². The zero-order valence-corrected chi connectivity index (χ0v) is 12.2. The highest BCUT2D eigenvalue weighted by atomic mass is 32.2. The molecule has 9 heteroatoms. The standard InChI is InChI=1S/C8H17N3O3SSi.H3N/c1-16(2,3)5-4-14-7-11-6-9-8(10-11)15(12)13;/h6H,4-5,7H2,1-3H3,(H,12,13);1H3. The van der Waals surface area contributed by atoms with Crippen molar-refractivity contribution in [2.45, 2.75) is 37.6 Å². The summed E-state index contributed by atoms with van der Waals surface area (Å²) < 4.78 is 26.1. The molecule has 17 heavy (non-hydrogen) atoms. The first kappa shape index (κ1) is 16.4. The molecule has 0 aliphatic rings. The highest BCUT2D eigenvalue weighted by Gasteiger charge is 2.12. The van der Waals surface area contributed by atoms with Gasteiger partial charge in [0.25, 0.3) is 5.16 Å². The normalized spacial score (nSPS) is 13.2. The van der Waals surface area contributed by atoms with Crippen LogP contribution < -0.4 is 6.15 Å². The summed E-state index contributed by atoms with van der Waals surface area (Å²) in [5.41, 5.74) is 0. The molecular formula is C8H20N4O3SSi. The van der Waals surface area contributed by atoms with E-state index in [0.717, 1.165) is 6.04 Å². The molecule has 0 fully saturated rings. The van der Waals surface area contributed by atoms with Crippen LogP contribution in [0.2, 0.25) is 25.7 Å². The monoisotopic (exact) mass is 280 g/mol. The average molecular weight is 280 g/mol. The second kappa shape index (κ2) is 6.96. The minimum atomic E-state index is -2.12. The molecule has 1 atom stereocenters. The van der Waals surface area contributed by atoms with Crippen LogP contribution in [0.5, 0.6) is 0 Å². The van der Waals surface area contributed by atoms with Gasteiger partial charge in [-0.1, -0.05) is 19.6 Å². The average Bonchev–Trinajstić information content (AvgIpc) is 2.59. The topological polar surface area (TPSA) is 112 Å². The number of aromatic nitrogens is 3. The van der Waals surface area contributed by atoms with Gasteiger partial charge in [-0.3, -0.25) is 4.55 Å². The zero-order valence-electron chi connectivity index (χ0n) is 10.4. The predicted octanol–water partition coefficient (Wildman–Crippen LogP) is 1.33. The Morgan fingerprint density at radius 3 is 2.65 bits per heavy atom. The Hall–Kier alpha value is -0.613. The molecule has 0 spiro atoms. The summed E-state index contributed by atoms with van der Waals surface area (Å²) in [4.78, 5) is 3.67. The third-order valence-corrected chi connectivity index (χ3v) is 4.10. The lowest BCUT2D eigenvalue weighted by Crippen LogP contribution is -2.22. The van der Waals surface area contributed by atoms with Crippen LogP contribution in [0.3, 0.4) is 0 Å². The summed E-state index contributed by atoms with van der Waals surface area (Å²) in [7, 11) is -1.07. The minimum Gasteiger partial charge on any atom is -0.359 e. The van der Waals surface area contributed by atoms with Crippen molar-refractivity contribution in [2.75, 3.05) is 6.61 Å². The van der Waals surface area contributed by atoms with Crippen LogP contribution in [-0.4, -0.2) is 38.2 Å². The van der Waals surface area contributed by atoms with Crippen molar-refractivity contribution in [1.82, 2.24) is 20.9 Å². The molecule has 100 valence electrons. The maximum atomic E-state index is 10.6. The third kappa shape index (κ3) is 6.63. The van der Waals surface area contributed by atoms with Crippen LogP contribution in [0.4, 0.5) is 0 Å². The van der Waals surface area contributed by atoms with Gasteiger partial charge in [-0.15, -0.1) is 5.10 Å². The highest BCUT2D eigenvalue weighted by molar-refractivity contribution is 7.79. The first-order chi connectivity index (χ1) is 7.38. The van der Waals surface area contributed by atoms with Gasteiger partial charge in [-0.2, -0.15) is 0 Å². The Morgan fingerprint density at radius 2 is 2.18 bits per heavy atom. The predicted molar refractivity (Wildman–Crippen MR) is 68.2 cm³/mol. The van der Waals surface area contributed by atoms with E-state index < -0.39 is 19.2 Å². The van der Waals surface area contributed by atoms with Crippen LogP contribution in [-0.2, 0) is 22.5 Å². The van der Waals surface area contributed by atoms with Crippen LogP contribution in [0.1, 0.15) is 0 Å². The van der Waals surface area contributed by atoms with E-state index in [1.54, 1.807) is 0 Å². The van der Waals surface area contributed by atoms with Crippen molar-refractivity contribution in [1.29, 1.82) is 0 Å². The Labute approximate surface area is 104 Å². The minimum absolute atomic E-state index is 0. The van der Waals surface area contributed by atoms with Crippen molar-refractivity contribution in [3.63, 3.8) is 0 Å². The molecule has 1 heterocycles. The van der Waals surface area contributed by atoms with E-state index in [-0.39, 0.29) is 18.0 Å². The summed E-state index contributed by atoms with van der Waals surface area (Å²) in [6.45, 7) is 7.79.